The molecule has 3 rings (SSSR count). The Kier molecular flexibility index (Phi) is 10.1. The largest absolute Gasteiger partial charge is 0.355 e. The minimum absolute atomic E-state index is 0.169. The van der Waals surface area contributed by atoms with Crippen molar-refractivity contribution < 1.29 is 18.0 Å². The molecule has 0 aliphatic rings. The highest BCUT2D eigenvalue weighted by Gasteiger charge is 2.33. The summed E-state index contributed by atoms with van der Waals surface area (Å²) in [5.74, 6) is -0.729. The summed E-state index contributed by atoms with van der Waals surface area (Å²) in [5, 5.41) is 2.87. The SMILES string of the molecule is CCNC(=O)[C@@H](Cc1ccccc1)N(Cc1cccc(C)c1)C(=O)CN(c1ccccc1CC)S(C)(=O)=O. The fourth-order valence-corrected chi connectivity index (χ4v) is 5.38. The summed E-state index contributed by atoms with van der Waals surface area (Å²) in [5.41, 5.74) is 4.09. The van der Waals surface area contributed by atoms with Crippen LogP contribution in [0.4, 0.5) is 5.69 Å². The molecular formula is C30H37N3O4S. The first kappa shape index (κ1) is 28.9. The third kappa shape index (κ3) is 7.68. The van der Waals surface area contributed by atoms with Crippen molar-refractivity contribution in [1.29, 1.82) is 0 Å². The van der Waals surface area contributed by atoms with Gasteiger partial charge in [0, 0.05) is 19.5 Å². The molecule has 0 radical (unpaired) electrons. The summed E-state index contributed by atoms with van der Waals surface area (Å²) in [6.07, 6.45) is 2.01. The van der Waals surface area contributed by atoms with Gasteiger partial charge in [-0.25, -0.2) is 8.42 Å². The first-order valence-electron chi connectivity index (χ1n) is 12.9. The summed E-state index contributed by atoms with van der Waals surface area (Å²) < 4.78 is 27.0. The summed E-state index contributed by atoms with van der Waals surface area (Å²) >= 11 is 0. The number of carbonyl (C=O) groups is 2. The number of sulfonamides is 1. The Morgan fingerprint density at radius 3 is 2.18 bits per heavy atom. The number of hydrogen-bond acceptors (Lipinski definition) is 4. The molecule has 0 heterocycles. The van der Waals surface area contributed by atoms with Gasteiger partial charge >= 0.3 is 0 Å². The van der Waals surface area contributed by atoms with Crippen LogP contribution in [0.5, 0.6) is 0 Å². The molecule has 0 spiro atoms. The van der Waals surface area contributed by atoms with E-state index in [9.17, 15) is 18.0 Å². The topological polar surface area (TPSA) is 86.8 Å². The van der Waals surface area contributed by atoms with E-state index in [1.807, 2.05) is 87.5 Å². The van der Waals surface area contributed by atoms with Crippen LogP contribution in [-0.4, -0.2) is 50.5 Å². The van der Waals surface area contributed by atoms with Gasteiger partial charge in [-0.15, -0.1) is 0 Å². The molecule has 0 saturated heterocycles. The van der Waals surface area contributed by atoms with E-state index in [1.165, 1.54) is 4.90 Å². The second-order valence-electron chi connectivity index (χ2n) is 9.36. The number of rotatable bonds is 12. The number of nitrogens with one attached hydrogen (secondary N) is 1. The molecule has 1 N–H and O–H groups in total. The monoisotopic (exact) mass is 535 g/mol. The van der Waals surface area contributed by atoms with Crippen LogP contribution in [0.3, 0.4) is 0 Å². The van der Waals surface area contributed by atoms with Crippen molar-refractivity contribution in [3.8, 4) is 0 Å². The Labute approximate surface area is 226 Å². The van der Waals surface area contributed by atoms with E-state index in [4.69, 9.17) is 0 Å². The number of likely N-dealkylation sites (N-methyl/N-ethyl adjacent to an activating group) is 1. The second kappa shape index (κ2) is 13.2. The van der Waals surface area contributed by atoms with E-state index in [0.29, 0.717) is 25.1 Å². The van der Waals surface area contributed by atoms with Crippen LogP contribution in [0.15, 0.2) is 78.9 Å². The Balaban J connectivity index is 2.06. The molecule has 38 heavy (non-hydrogen) atoms. The maximum atomic E-state index is 14.0. The van der Waals surface area contributed by atoms with Crippen LogP contribution >= 0.6 is 0 Å². The highest BCUT2D eigenvalue weighted by atomic mass is 32.2. The predicted molar refractivity (Wildman–Crippen MR) is 152 cm³/mol. The van der Waals surface area contributed by atoms with Crippen LogP contribution in [0, 0.1) is 6.92 Å². The molecule has 0 fully saturated rings. The highest BCUT2D eigenvalue weighted by molar-refractivity contribution is 7.92. The molecule has 0 unspecified atom stereocenters. The molecule has 0 bridgehead atoms. The maximum Gasteiger partial charge on any atom is 0.244 e. The van der Waals surface area contributed by atoms with Gasteiger partial charge in [-0.05, 0) is 43.0 Å². The Morgan fingerprint density at radius 2 is 1.55 bits per heavy atom. The lowest BCUT2D eigenvalue weighted by atomic mass is 10.0. The molecule has 8 heteroatoms. The van der Waals surface area contributed by atoms with Crippen molar-refractivity contribution in [2.45, 2.75) is 46.2 Å². The van der Waals surface area contributed by atoms with Crippen molar-refractivity contribution in [2.24, 2.45) is 0 Å². The van der Waals surface area contributed by atoms with Gasteiger partial charge < -0.3 is 10.2 Å². The number of carbonyl (C=O) groups excluding carboxylic acids is 2. The molecule has 0 aliphatic heterocycles. The molecular weight excluding hydrogens is 498 g/mol. The molecule has 0 saturated carbocycles. The van der Waals surface area contributed by atoms with Gasteiger partial charge in [-0.3, -0.25) is 13.9 Å². The van der Waals surface area contributed by atoms with Crippen LogP contribution in [0.1, 0.15) is 36.1 Å². The predicted octanol–water partition coefficient (Wildman–Crippen LogP) is 4.10. The third-order valence-corrected chi connectivity index (χ3v) is 7.50. The number of para-hydroxylation sites is 1. The minimum Gasteiger partial charge on any atom is -0.355 e. The number of aryl methyl sites for hydroxylation is 2. The van der Waals surface area contributed by atoms with Gasteiger partial charge in [0.1, 0.15) is 12.6 Å². The smallest absolute Gasteiger partial charge is 0.244 e. The lowest BCUT2D eigenvalue weighted by molar-refractivity contribution is -0.140. The molecule has 0 aromatic heterocycles. The van der Waals surface area contributed by atoms with E-state index in [-0.39, 0.29) is 12.5 Å². The summed E-state index contributed by atoms with van der Waals surface area (Å²) in [6.45, 7) is 5.91. The fraction of sp³-hybridized carbons (Fsp3) is 0.333. The van der Waals surface area contributed by atoms with Gasteiger partial charge in [-0.2, -0.15) is 0 Å². The number of anilines is 1. The summed E-state index contributed by atoms with van der Waals surface area (Å²) in [6, 6.07) is 23.6. The van der Waals surface area contributed by atoms with Crippen LogP contribution in [-0.2, 0) is 39.0 Å². The fourth-order valence-electron chi connectivity index (χ4n) is 4.50. The quantitative estimate of drug-likeness (QED) is 0.378. The summed E-state index contributed by atoms with van der Waals surface area (Å²) in [7, 11) is -3.79. The van der Waals surface area contributed by atoms with Gasteiger partial charge in [0.05, 0.1) is 11.9 Å². The van der Waals surface area contributed by atoms with E-state index in [0.717, 1.165) is 32.8 Å². The van der Waals surface area contributed by atoms with E-state index >= 15 is 0 Å². The van der Waals surface area contributed by atoms with E-state index in [1.54, 1.807) is 12.1 Å². The highest BCUT2D eigenvalue weighted by Crippen LogP contribution is 2.24. The van der Waals surface area contributed by atoms with Crippen molar-refractivity contribution in [3.05, 3.63) is 101 Å². The van der Waals surface area contributed by atoms with Crippen molar-refractivity contribution in [2.75, 3.05) is 23.7 Å². The first-order valence-corrected chi connectivity index (χ1v) is 14.7. The third-order valence-electron chi connectivity index (χ3n) is 6.38. The normalized spacial score (nSPS) is 12.0. The van der Waals surface area contributed by atoms with Crippen LogP contribution < -0.4 is 9.62 Å². The molecule has 1 atom stereocenters. The van der Waals surface area contributed by atoms with E-state index in [2.05, 4.69) is 5.32 Å². The van der Waals surface area contributed by atoms with Crippen molar-refractivity contribution >= 4 is 27.5 Å². The van der Waals surface area contributed by atoms with Gasteiger partial charge in [-0.1, -0.05) is 85.3 Å². The first-order chi connectivity index (χ1) is 18.1. The molecule has 3 aromatic rings. The Bertz CT molecular complexity index is 1340. The average molecular weight is 536 g/mol. The standard InChI is InChI=1S/C30H37N3O4S/c1-5-26-17-10-11-18-27(26)33(38(4,36)37)22-29(34)32(21-25-16-12-13-23(3)19-25)28(30(35)31-6-2)20-24-14-8-7-9-15-24/h7-19,28H,5-6,20-22H2,1-4H3,(H,31,35)/t28-/m1/s1. The lowest BCUT2D eigenvalue weighted by Gasteiger charge is -2.34. The molecule has 7 nitrogen and oxygen atoms in total. The van der Waals surface area contributed by atoms with Crippen molar-refractivity contribution in [1.82, 2.24) is 10.2 Å². The van der Waals surface area contributed by atoms with E-state index < -0.39 is 28.5 Å². The van der Waals surface area contributed by atoms with Gasteiger partial charge in [0.15, 0.2) is 0 Å². The number of benzene rings is 3. The van der Waals surface area contributed by atoms with Crippen LogP contribution in [0.25, 0.3) is 0 Å². The van der Waals surface area contributed by atoms with Gasteiger partial charge in [0.25, 0.3) is 0 Å². The number of amides is 2. The van der Waals surface area contributed by atoms with Crippen molar-refractivity contribution in [3.63, 3.8) is 0 Å². The second-order valence-corrected chi connectivity index (χ2v) is 11.3. The Morgan fingerprint density at radius 1 is 0.895 bits per heavy atom. The molecule has 202 valence electrons. The zero-order chi connectivity index (χ0) is 27.7. The van der Waals surface area contributed by atoms with Crippen LogP contribution in [0.2, 0.25) is 0 Å². The molecule has 3 aromatic carbocycles. The molecule has 0 aliphatic carbocycles. The minimum atomic E-state index is -3.79. The Hall–Kier alpha value is -3.65. The molecule has 2 amide bonds. The maximum absolute atomic E-state index is 14.0. The average Bonchev–Trinajstić information content (AvgIpc) is 2.89. The zero-order valence-corrected chi connectivity index (χ0v) is 23.4. The number of hydrogen-bond donors (Lipinski definition) is 1. The lowest BCUT2D eigenvalue weighted by Crippen LogP contribution is -2.53. The number of nitrogens with zero attached hydrogens (tertiary/aromatic N) is 2. The van der Waals surface area contributed by atoms with Gasteiger partial charge in [0.2, 0.25) is 21.8 Å². The zero-order valence-electron chi connectivity index (χ0n) is 22.6. The summed E-state index contributed by atoms with van der Waals surface area (Å²) in [4.78, 5) is 28.9.